The lowest BCUT2D eigenvalue weighted by Gasteiger charge is -2.38. The van der Waals surface area contributed by atoms with Gasteiger partial charge in [-0.15, -0.1) is 0 Å². The molecule has 1 aliphatic rings. The molecular weight excluding hydrogens is 160 g/mol. The first-order chi connectivity index (χ1) is 6.27. The maximum Gasteiger partial charge on any atom is 0.0621 e. The highest BCUT2D eigenvalue weighted by molar-refractivity contribution is 4.85. The van der Waals surface area contributed by atoms with Gasteiger partial charge < -0.3 is 5.32 Å². The van der Waals surface area contributed by atoms with Crippen molar-refractivity contribution in [3.63, 3.8) is 0 Å². The summed E-state index contributed by atoms with van der Waals surface area (Å²) >= 11 is 0. The van der Waals surface area contributed by atoms with Gasteiger partial charge in [-0.05, 0) is 37.6 Å². The van der Waals surface area contributed by atoms with Crippen LogP contribution in [-0.2, 0) is 0 Å². The molecule has 2 heteroatoms. The summed E-state index contributed by atoms with van der Waals surface area (Å²) in [5.74, 6) is 0. The van der Waals surface area contributed by atoms with E-state index in [0.717, 1.165) is 19.4 Å². The highest BCUT2D eigenvalue weighted by Crippen LogP contribution is 2.39. The molecule has 13 heavy (non-hydrogen) atoms. The van der Waals surface area contributed by atoms with Crippen molar-refractivity contribution >= 4 is 0 Å². The smallest absolute Gasteiger partial charge is 0.0621 e. The molecule has 0 aliphatic heterocycles. The van der Waals surface area contributed by atoms with Gasteiger partial charge in [0.15, 0.2) is 0 Å². The van der Waals surface area contributed by atoms with Crippen molar-refractivity contribution in [2.24, 2.45) is 5.41 Å². The molecule has 1 aliphatic carbocycles. The standard InChI is InChI=1S/C11H20N2/c1-11(6-5-7-11)10-13-9-4-2-3-8-12/h13H,2-7,9-10H2,1H3. The van der Waals surface area contributed by atoms with Crippen LogP contribution in [0.2, 0.25) is 0 Å². The van der Waals surface area contributed by atoms with Crippen LogP contribution in [-0.4, -0.2) is 13.1 Å². The molecule has 0 bridgehead atoms. The minimum absolute atomic E-state index is 0.592. The average molecular weight is 180 g/mol. The third-order valence-corrected chi connectivity index (χ3v) is 3.00. The topological polar surface area (TPSA) is 35.8 Å². The van der Waals surface area contributed by atoms with Crippen molar-refractivity contribution in [3.05, 3.63) is 0 Å². The van der Waals surface area contributed by atoms with E-state index in [1.807, 2.05) is 0 Å². The Morgan fingerprint density at radius 3 is 2.69 bits per heavy atom. The van der Waals surface area contributed by atoms with Crippen LogP contribution in [0.5, 0.6) is 0 Å². The minimum atomic E-state index is 0.592. The summed E-state index contributed by atoms with van der Waals surface area (Å²) in [7, 11) is 0. The first kappa shape index (κ1) is 10.5. The fourth-order valence-electron chi connectivity index (χ4n) is 1.80. The zero-order valence-corrected chi connectivity index (χ0v) is 8.60. The summed E-state index contributed by atoms with van der Waals surface area (Å²) in [5.41, 5.74) is 0.592. The van der Waals surface area contributed by atoms with E-state index in [1.54, 1.807) is 0 Å². The third kappa shape index (κ3) is 3.78. The van der Waals surface area contributed by atoms with Crippen LogP contribution in [0.25, 0.3) is 0 Å². The second kappa shape index (κ2) is 5.24. The quantitative estimate of drug-likeness (QED) is 0.637. The second-order valence-corrected chi connectivity index (χ2v) is 4.46. The van der Waals surface area contributed by atoms with E-state index in [1.165, 1.54) is 25.8 Å². The Hall–Kier alpha value is -0.550. The molecule has 0 atom stereocenters. The minimum Gasteiger partial charge on any atom is -0.316 e. The van der Waals surface area contributed by atoms with Crippen LogP contribution < -0.4 is 5.32 Å². The first-order valence-electron chi connectivity index (χ1n) is 5.34. The molecule has 1 rings (SSSR count). The zero-order valence-electron chi connectivity index (χ0n) is 8.60. The van der Waals surface area contributed by atoms with Gasteiger partial charge in [-0.3, -0.25) is 0 Å². The molecular formula is C11H20N2. The van der Waals surface area contributed by atoms with Crippen LogP contribution in [0, 0.1) is 16.7 Å². The van der Waals surface area contributed by atoms with E-state index >= 15 is 0 Å². The molecule has 1 N–H and O–H groups in total. The molecule has 0 spiro atoms. The number of nitrogens with zero attached hydrogens (tertiary/aromatic N) is 1. The molecule has 0 aromatic heterocycles. The van der Waals surface area contributed by atoms with Gasteiger partial charge in [-0.25, -0.2) is 0 Å². The molecule has 0 heterocycles. The molecule has 1 saturated carbocycles. The fourth-order valence-corrected chi connectivity index (χ4v) is 1.80. The molecule has 2 nitrogen and oxygen atoms in total. The predicted octanol–water partition coefficient (Wildman–Crippen LogP) is 2.46. The molecule has 0 aromatic rings. The fraction of sp³-hybridized carbons (Fsp3) is 0.909. The zero-order chi connectivity index (χ0) is 9.57. The van der Waals surface area contributed by atoms with E-state index in [9.17, 15) is 0 Å². The van der Waals surface area contributed by atoms with Gasteiger partial charge in [0, 0.05) is 13.0 Å². The largest absolute Gasteiger partial charge is 0.316 e. The number of nitrogens with one attached hydrogen (secondary N) is 1. The monoisotopic (exact) mass is 180 g/mol. The maximum absolute atomic E-state index is 8.33. The number of nitriles is 1. The lowest BCUT2D eigenvalue weighted by Crippen LogP contribution is -2.37. The highest BCUT2D eigenvalue weighted by Gasteiger charge is 2.30. The van der Waals surface area contributed by atoms with Crippen molar-refractivity contribution in [1.82, 2.24) is 5.32 Å². The van der Waals surface area contributed by atoms with E-state index in [-0.39, 0.29) is 0 Å². The van der Waals surface area contributed by atoms with Gasteiger partial charge in [-0.2, -0.15) is 5.26 Å². The van der Waals surface area contributed by atoms with Gasteiger partial charge in [-0.1, -0.05) is 13.3 Å². The van der Waals surface area contributed by atoms with Crippen LogP contribution in [0.1, 0.15) is 45.4 Å². The summed E-state index contributed by atoms with van der Waals surface area (Å²) in [5, 5.41) is 11.8. The summed E-state index contributed by atoms with van der Waals surface area (Å²) < 4.78 is 0. The molecule has 1 fully saturated rings. The van der Waals surface area contributed by atoms with Crippen molar-refractivity contribution in [2.45, 2.75) is 45.4 Å². The normalized spacial score (nSPS) is 19.1. The van der Waals surface area contributed by atoms with Crippen molar-refractivity contribution in [1.29, 1.82) is 5.26 Å². The van der Waals surface area contributed by atoms with Crippen LogP contribution >= 0.6 is 0 Å². The molecule has 0 amide bonds. The Bertz CT molecular complexity index is 177. The van der Waals surface area contributed by atoms with Crippen LogP contribution in [0.15, 0.2) is 0 Å². The van der Waals surface area contributed by atoms with Gasteiger partial charge in [0.05, 0.1) is 6.07 Å². The SMILES string of the molecule is CC1(CNCCCCC#N)CCC1. The summed E-state index contributed by atoms with van der Waals surface area (Å²) in [6.07, 6.45) is 7.08. The number of unbranched alkanes of at least 4 members (excludes halogenated alkanes) is 2. The van der Waals surface area contributed by atoms with Gasteiger partial charge in [0.2, 0.25) is 0 Å². The first-order valence-corrected chi connectivity index (χ1v) is 5.34. The Balaban J connectivity index is 1.87. The molecule has 0 radical (unpaired) electrons. The van der Waals surface area contributed by atoms with Crippen LogP contribution in [0.3, 0.4) is 0 Å². The lowest BCUT2D eigenvalue weighted by molar-refractivity contribution is 0.157. The number of rotatable bonds is 6. The van der Waals surface area contributed by atoms with Crippen LogP contribution in [0.4, 0.5) is 0 Å². The third-order valence-electron chi connectivity index (χ3n) is 3.00. The van der Waals surface area contributed by atoms with E-state index < -0.39 is 0 Å². The lowest BCUT2D eigenvalue weighted by atomic mass is 9.70. The Morgan fingerprint density at radius 1 is 1.38 bits per heavy atom. The number of hydrogen-bond acceptors (Lipinski definition) is 2. The summed E-state index contributed by atoms with van der Waals surface area (Å²) in [6.45, 7) is 4.61. The number of hydrogen-bond donors (Lipinski definition) is 1. The Kier molecular flexibility index (Phi) is 4.24. The van der Waals surface area contributed by atoms with E-state index in [0.29, 0.717) is 11.8 Å². The predicted molar refractivity (Wildman–Crippen MR) is 54.3 cm³/mol. The van der Waals surface area contributed by atoms with Gasteiger partial charge in [0.25, 0.3) is 0 Å². The average Bonchev–Trinajstić information content (AvgIpc) is 2.08. The van der Waals surface area contributed by atoms with Gasteiger partial charge >= 0.3 is 0 Å². The summed E-state index contributed by atoms with van der Waals surface area (Å²) in [6, 6.07) is 2.17. The van der Waals surface area contributed by atoms with Gasteiger partial charge in [0.1, 0.15) is 0 Å². The molecule has 74 valence electrons. The molecule has 0 saturated heterocycles. The summed E-state index contributed by atoms with van der Waals surface area (Å²) in [4.78, 5) is 0. The van der Waals surface area contributed by atoms with Crippen molar-refractivity contribution in [2.75, 3.05) is 13.1 Å². The Labute approximate surface area is 81.3 Å². The second-order valence-electron chi connectivity index (χ2n) is 4.46. The Morgan fingerprint density at radius 2 is 2.15 bits per heavy atom. The van der Waals surface area contributed by atoms with E-state index in [4.69, 9.17) is 5.26 Å². The van der Waals surface area contributed by atoms with Crippen molar-refractivity contribution < 1.29 is 0 Å². The maximum atomic E-state index is 8.33. The molecule has 0 unspecified atom stereocenters. The van der Waals surface area contributed by atoms with E-state index in [2.05, 4.69) is 18.3 Å². The highest BCUT2D eigenvalue weighted by atomic mass is 14.9. The molecule has 0 aromatic carbocycles. The van der Waals surface area contributed by atoms with Crippen molar-refractivity contribution in [3.8, 4) is 6.07 Å².